The van der Waals surface area contributed by atoms with Crippen LogP contribution in [0.5, 0.6) is 0 Å². The zero-order chi connectivity index (χ0) is 10.8. The first-order valence-electron chi connectivity index (χ1n) is 5.11. The van der Waals surface area contributed by atoms with E-state index in [9.17, 15) is 0 Å². The van der Waals surface area contributed by atoms with Crippen molar-refractivity contribution in [3.63, 3.8) is 0 Å². The average molecular weight is 202 g/mol. The summed E-state index contributed by atoms with van der Waals surface area (Å²) in [5.74, 6) is 0.747. The Bertz CT molecular complexity index is 404. The second kappa shape index (κ2) is 3.77. The van der Waals surface area contributed by atoms with Crippen molar-refractivity contribution >= 4 is 11.5 Å². The third kappa shape index (κ3) is 1.73. The summed E-state index contributed by atoms with van der Waals surface area (Å²) in [5.41, 5.74) is 6.69. The van der Waals surface area contributed by atoms with Gasteiger partial charge in [0.25, 0.3) is 0 Å². The van der Waals surface area contributed by atoms with Gasteiger partial charge in [-0.3, -0.25) is 0 Å². The van der Waals surface area contributed by atoms with Crippen molar-refractivity contribution in [2.45, 2.75) is 25.3 Å². The van der Waals surface area contributed by atoms with Gasteiger partial charge in [-0.1, -0.05) is 0 Å². The number of hydrogen-bond acceptors (Lipinski definition) is 4. The molecule has 2 rings (SSSR count). The van der Waals surface area contributed by atoms with Gasteiger partial charge in [-0.15, -0.1) is 0 Å². The van der Waals surface area contributed by atoms with Crippen LogP contribution in [-0.2, 0) is 0 Å². The minimum atomic E-state index is 0.535. The molecule has 1 heterocycles. The minimum Gasteiger partial charge on any atom is -0.397 e. The summed E-state index contributed by atoms with van der Waals surface area (Å²) < 4.78 is 0. The highest BCUT2D eigenvalue weighted by Crippen LogP contribution is 2.29. The molecule has 1 aliphatic carbocycles. The number of anilines is 2. The third-order valence-corrected chi connectivity index (χ3v) is 2.96. The summed E-state index contributed by atoms with van der Waals surface area (Å²) in [6.45, 7) is 0. The molecule has 0 radical (unpaired) electrons. The van der Waals surface area contributed by atoms with E-state index in [0.29, 0.717) is 17.3 Å². The fourth-order valence-corrected chi connectivity index (χ4v) is 1.78. The lowest BCUT2D eigenvalue weighted by Gasteiger charge is -2.35. The van der Waals surface area contributed by atoms with Crippen LogP contribution in [0.3, 0.4) is 0 Å². The first-order valence-corrected chi connectivity index (χ1v) is 5.11. The summed E-state index contributed by atoms with van der Waals surface area (Å²) >= 11 is 0. The minimum absolute atomic E-state index is 0.535. The number of nitrogens with zero attached hydrogens (tertiary/aromatic N) is 3. The molecule has 0 bridgehead atoms. The van der Waals surface area contributed by atoms with Gasteiger partial charge in [-0.25, -0.2) is 4.98 Å². The van der Waals surface area contributed by atoms with Crippen LogP contribution in [0.4, 0.5) is 11.5 Å². The van der Waals surface area contributed by atoms with Crippen LogP contribution in [0.2, 0.25) is 0 Å². The maximum absolute atomic E-state index is 8.99. The first-order chi connectivity index (χ1) is 7.22. The number of nitrogen functional groups attached to an aromatic ring is 1. The summed E-state index contributed by atoms with van der Waals surface area (Å²) in [6.07, 6.45) is 5.25. The van der Waals surface area contributed by atoms with Crippen molar-refractivity contribution in [2.24, 2.45) is 0 Å². The second-order valence-electron chi connectivity index (χ2n) is 3.95. The molecule has 4 heteroatoms. The van der Waals surface area contributed by atoms with E-state index in [-0.39, 0.29) is 0 Å². The molecule has 0 spiro atoms. The van der Waals surface area contributed by atoms with Crippen molar-refractivity contribution in [1.29, 1.82) is 5.26 Å². The lowest BCUT2D eigenvalue weighted by atomic mass is 9.91. The van der Waals surface area contributed by atoms with E-state index in [0.717, 1.165) is 5.82 Å². The molecule has 0 saturated heterocycles. The van der Waals surface area contributed by atoms with Gasteiger partial charge in [0.2, 0.25) is 0 Å². The van der Waals surface area contributed by atoms with E-state index in [4.69, 9.17) is 11.0 Å². The van der Waals surface area contributed by atoms with Crippen LogP contribution in [0.1, 0.15) is 24.8 Å². The van der Waals surface area contributed by atoms with Crippen molar-refractivity contribution in [3.8, 4) is 6.07 Å². The van der Waals surface area contributed by atoms with E-state index in [1.165, 1.54) is 19.3 Å². The monoisotopic (exact) mass is 202 g/mol. The maximum atomic E-state index is 8.99. The van der Waals surface area contributed by atoms with Gasteiger partial charge in [0.05, 0.1) is 17.4 Å². The number of rotatable bonds is 2. The molecular formula is C11H14N4. The number of nitriles is 1. The predicted molar refractivity (Wildman–Crippen MR) is 59.4 cm³/mol. The molecule has 0 amide bonds. The molecule has 1 saturated carbocycles. The Labute approximate surface area is 89.3 Å². The summed E-state index contributed by atoms with van der Waals surface area (Å²) in [7, 11) is 1.99. The fraction of sp³-hybridized carbons (Fsp3) is 0.455. The van der Waals surface area contributed by atoms with Gasteiger partial charge in [-0.05, 0) is 25.3 Å². The smallest absolute Gasteiger partial charge is 0.146 e. The molecule has 78 valence electrons. The van der Waals surface area contributed by atoms with E-state index < -0.39 is 0 Å². The maximum Gasteiger partial charge on any atom is 0.146 e. The molecule has 1 aliphatic rings. The standard InChI is InChI=1S/C11H14N4/c1-15(10-3-2-4-10)11-8(6-12)5-9(13)7-14-11/h5,7,10H,2-4,13H2,1H3. The highest BCUT2D eigenvalue weighted by molar-refractivity contribution is 5.59. The van der Waals surface area contributed by atoms with Gasteiger partial charge in [0, 0.05) is 13.1 Å². The van der Waals surface area contributed by atoms with Crippen molar-refractivity contribution in [2.75, 3.05) is 17.7 Å². The fourth-order valence-electron chi connectivity index (χ4n) is 1.78. The summed E-state index contributed by atoms with van der Waals surface area (Å²) in [5, 5.41) is 8.99. The van der Waals surface area contributed by atoms with Crippen molar-refractivity contribution < 1.29 is 0 Å². The zero-order valence-electron chi connectivity index (χ0n) is 8.77. The van der Waals surface area contributed by atoms with Crippen molar-refractivity contribution in [3.05, 3.63) is 17.8 Å². The average Bonchev–Trinajstić information content (AvgIpc) is 2.14. The number of aromatic nitrogens is 1. The molecule has 1 aromatic rings. The third-order valence-electron chi connectivity index (χ3n) is 2.96. The van der Waals surface area contributed by atoms with Crippen LogP contribution < -0.4 is 10.6 Å². The van der Waals surface area contributed by atoms with Crippen molar-refractivity contribution in [1.82, 2.24) is 4.98 Å². The molecular weight excluding hydrogens is 188 g/mol. The topological polar surface area (TPSA) is 65.9 Å². The Kier molecular flexibility index (Phi) is 2.46. The number of nitrogens with two attached hydrogens (primary N) is 1. The van der Waals surface area contributed by atoms with Gasteiger partial charge in [0.15, 0.2) is 0 Å². The second-order valence-corrected chi connectivity index (χ2v) is 3.95. The Morgan fingerprint density at radius 3 is 2.87 bits per heavy atom. The lowest BCUT2D eigenvalue weighted by molar-refractivity contribution is 0.399. The van der Waals surface area contributed by atoms with E-state index >= 15 is 0 Å². The summed E-state index contributed by atoms with van der Waals surface area (Å²) in [4.78, 5) is 6.32. The SMILES string of the molecule is CN(c1ncc(N)cc1C#N)C1CCC1. The van der Waals surface area contributed by atoms with E-state index in [1.807, 2.05) is 7.05 Å². The van der Waals surface area contributed by atoms with Gasteiger partial charge in [0.1, 0.15) is 11.9 Å². The van der Waals surface area contributed by atoms with Crippen LogP contribution >= 0.6 is 0 Å². The lowest BCUT2D eigenvalue weighted by Crippen LogP contribution is -2.38. The molecule has 0 unspecified atom stereocenters. The Balaban J connectivity index is 2.30. The molecule has 0 atom stereocenters. The quantitative estimate of drug-likeness (QED) is 0.789. The highest BCUT2D eigenvalue weighted by Gasteiger charge is 2.24. The molecule has 4 nitrogen and oxygen atoms in total. The van der Waals surface area contributed by atoms with Crippen LogP contribution in [-0.4, -0.2) is 18.1 Å². The zero-order valence-corrected chi connectivity index (χ0v) is 8.77. The van der Waals surface area contributed by atoms with Gasteiger partial charge < -0.3 is 10.6 Å². The first kappa shape index (κ1) is 9.78. The van der Waals surface area contributed by atoms with Crippen LogP contribution in [0, 0.1) is 11.3 Å². The van der Waals surface area contributed by atoms with Gasteiger partial charge in [-0.2, -0.15) is 5.26 Å². The predicted octanol–water partition coefficient (Wildman–Crippen LogP) is 1.52. The number of pyridine rings is 1. The summed E-state index contributed by atoms with van der Waals surface area (Å²) in [6, 6.07) is 4.35. The molecule has 1 fully saturated rings. The van der Waals surface area contributed by atoms with Crippen LogP contribution in [0.15, 0.2) is 12.3 Å². The Hall–Kier alpha value is -1.76. The molecule has 1 aromatic heterocycles. The van der Waals surface area contributed by atoms with E-state index in [1.54, 1.807) is 12.3 Å². The van der Waals surface area contributed by atoms with Crippen LogP contribution in [0.25, 0.3) is 0 Å². The Morgan fingerprint density at radius 1 is 1.60 bits per heavy atom. The molecule has 0 aromatic carbocycles. The Morgan fingerprint density at radius 2 is 2.33 bits per heavy atom. The number of hydrogen-bond donors (Lipinski definition) is 1. The molecule has 15 heavy (non-hydrogen) atoms. The molecule has 2 N–H and O–H groups in total. The largest absolute Gasteiger partial charge is 0.397 e. The van der Waals surface area contributed by atoms with E-state index in [2.05, 4.69) is 16.0 Å². The molecule has 0 aliphatic heterocycles. The normalized spacial score (nSPS) is 15.5. The van der Waals surface area contributed by atoms with Gasteiger partial charge >= 0.3 is 0 Å². The highest BCUT2D eigenvalue weighted by atomic mass is 15.2.